The van der Waals surface area contributed by atoms with Gasteiger partial charge in [0.15, 0.2) is 12.1 Å². The molecule has 4 N–H and O–H groups in total. The third-order valence-electron chi connectivity index (χ3n) is 5.17. The molecule has 0 atom stereocenters. The van der Waals surface area contributed by atoms with Crippen LogP contribution in [0.5, 0.6) is 0 Å². The molecule has 0 fully saturated rings. The number of aromatic nitrogens is 5. The van der Waals surface area contributed by atoms with Crippen LogP contribution in [-0.4, -0.2) is 30.8 Å². The Morgan fingerprint density at radius 1 is 1.03 bits per heavy atom. The van der Waals surface area contributed by atoms with Gasteiger partial charge in [-0.2, -0.15) is 23.3 Å². The number of nitrogens with two attached hydrogens (primary N) is 1. The highest BCUT2D eigenvalue weighted by Gasteiger charge is 2.31. The zero-order chi connectivity index (χ0) is 25.4. The van der Waals surface area contributed by atoms with Crippen LogP contribution < -0.4 is 16.4 Å². The highest BCUT2D eigenvalue weighted by atomic mass is 19.4. The number of hydrogen-bond acceptors (Lipinski definition) is 7. The van der Waals surface area contributed by atoms with Crippen molar-refractivity contribution in [1.82, 2.24) is 24.7 Å². The number of fused-ring (bicyclic) bond motifs is 1. The highest BCUT2D eigenvalue weighted by molar-refractivity contribution is 6.01. The lowest BCUT2D eigenvalue weighted by Crippen LogP contribution is -2.20. The third-order valence-corrected chi connectivity index (χ3v) is 5.17. The molecule has 14 heteroatoms. The maximum atomic E-state index is 13.9. The Balaban J connectivity index is 1.41. The zero-order valence-corrected chi connectivity index (χ0v) is 17.9. The minimum Gasteiger partial charge on any atom is -0.382 e. The van der Waals surface area contributed by atoms with E-state index in [0.29, 0.717) is 40.4 Å². The number of nitrogens with one attached hydrogen (secondary N) is 2. The van der Waals surface area contributed by atoms with Gasteiger partial charge >= 0.3 is 12.2 Å². The monoisotopic (exact) mass is 498 g/mol. The van der Waals surface area contributed by atoms with Crippen molar-refractivity contribution in [2.45, 2.75) is 6.18 Å². The highest BCUT2D eigenvalue weighted by Crippen LogP contribution is 2.38. The standard InChI is InChI=1S/C22H14F4N8O2/c23-15-6-3-12(22(24,25)26)7-16(15)33-21(35)32-13-4-1-11(2-5-13)17-14(20-29-10-31-36-20)8-34-18(17)19(27)28-9-30-34/h1-10H,(H2,27,28,30)(H2,32,33,35). The van der Waals surface area contributed by atoms with Crippen molar-refractivity contribution in [2.75, 3.05) is 16.4 Å². The fraction of sp³-hybridized carbons (Fsp3) is 0.0455. The Labute approximate surface area is 198 Å². The molecule has 0 aliphatic heterocycles. The number of carbonyl (C=O) groups excluding carboxylic acids is 1. The van der Waals surface area contributed by atoms with E-state index in [2.05, 4.69) is 30.9 Å². The van der Waals surface area contributed by atoms with Gasteiger partial charge in [0, 0.05) is 17.4 Å². The van der Waals surface area contributed by atoms with E-state index in [4.69, 9.17) is 10.3 Å². The number of nitrogen functional groups attached to an aromatic ring is 1. The zero-order valence-electron chi connectivity index (χ0n) is 17.9. The van der Waals surface area contributed by atoms with Crippen molar-refractivity contribution in [3.05, 3.63) is 72.7 Å². The lowest BCUT2D eigenvalue weighted by molar-refractivity contribution is -0.137. The van der Waals surface area contributed by atoms with Crippen LogP contribution >= 0.6 is 0 Å². The number of nitrogens with zero attached hydrogens (tertiary/aromatic N) is 5. The van der Waals surface area contributed by atoms with Crippen LogP contribution in [0.2, 0.25) is 0 Å². The third kappa shape index (κ3) is 4.26. The van der Waals surface area contributed by atoms with Gasteiger partial charge in [-0.05, 0) is 35.9 Å². The summed E-state index contributed by atoms with van der Waals surface area (Å²) in [5.41, 5.74) is 6.92. The van der Waals surface area contributed by atoms with E-state index in [9.17, 15) is 22.4 Å². The van der Waals surface area contributed by atoms with E-state index in [1.807, 2.05) is 0 Å². The lowest BCUT2D eigenvalue weighted by atomic mass is 10.0. The first-order chi connectivity index (χ1) is 17.2. The molecule has 0 aliphatic rings. The van der Waals surface area contributed by atoms with Crippen LogP contribution in [0.15, 0.2) is 65.8 Å². The van der Waals surface area contributed by atoms with E-state index in [0.717, 1.165) is 0 Å². The summed E-state index contributed by atoms with van der Waals surface area (Å²) in [5.74, 6) is -0.586. The van der Waals surface area contributed by atoms with E-state index < -0.39 is 29.3 Å². The van der Waals surface area contributed by atoms with Crippen molar-refractivity contribution < 1.29 is 26.9 Å². The van der Waals surface area contributed by atoms with Crippen LogP contribution in [0, 0.1) is 5.82 Å². The number of urea groups is 1. The molecule has 5 rings (SSSR count). The van der Waals surface area contributed by atoms with Gasteiger partial charge in [0.25, 0.3) is 5.89 Å². The fourth-order valence-electron chi connectivity index (χ4n) is 3.58. The Hall–Kier alpha value is -5.01. The van der Waals surface area contributed by atoms with Crippen LogP contribution in [0.25, 0.3) is 28.1 Å². The Bertz CT molecular complexity index is 1560. The van der Waals surface area contributed by atoms with E-state index in [1.54, 1.807) is 30.5 Å². The van der Waals surface area contributed by atoms with Crippen molar-refractivity contribution in [3.63, 3.8) is 0 Å². The second kappa shape index (κ2) is 8.65. The molecular weight excluding hydrogens is 484 g/mol. The molecule has 182 valence electrons. The van der Waals surface area contributed by atoms with Gasteiger partial charge in [0.1, 0.15) is 17.7 Å². The summed E-state index contributed by atoms with van der Waals surface area (Å²) in [4.78, 5) is 20.4. The van der Waals surface area contributed by atoms with Crippen LogP contribution in [0.1, 0.15) is 5.56 Å². The van der Waals surface area contributed by atoms with Crippen molar-refractivity contribution in [3.8, 4) is 22.6 Å². The molecule has 0 radical (unpaired) electrons. The minimum absolute atomic E-state index is 0.204. The molecule has 0 unspecified atom stereocenters. The average molecular weight is 498 g/mol. The molecule has 0 saturated heterocycles. The smallest absolute Gasteiger partial charge is 0.382 e. The maximum Gasteiger partial charge on any atom is 0.416 e. The second-order valence-electron chi connectivity index (χ2n) is 7.45. The molecule has 5 aromatic rings. The SMILES string of the molecule is Nc1ncnn2cc(-c3ncno3)c(-c3ccc(NC(=O)Nc4cc(C(F)(F)F)ccc4F)cc3)c12. The number of rotatable bonds is 4. The quantitative estimate of drug-likeness (QED) is 0.302. The summed E-state index contributed by atoms with van der Waals surface area (Å²) in [5, 5.41) is 12.3. The molecule has 2 amide bonds. The summed E-state index contributed by atoms with van der Waals surface area (Å²) in [6.07, 6.45) is -0.494. The molecular formula is C22H14F4N8O2. The Morgan fingerprint density at radius 2 is 1.81 bits per heavy atom. The van der Waals surface area contributed by atoms with Gasteiger partial charge < -0.3 is 20.9 Å². The normalized spacial score (nSPS) is 11.6. The number of hydrogen-bond donors (Lipinski definition) is 3. The van der Waals surface area contributed by atoms with E-state index >= 15 is 0 Å². The van der Waals surface area contributed by atoms with Gasteiger partial charge in [-0.3, -0.25) is 0 Å². The summed E-state index contributed by atoms with van der Waals surface area (Å²) in [6, 6.07) is 7.19. The van der Waals surface area contributed by atoms with Gasteiger partial charge in [-0.15, -0.1) is 0 Å². The predicted molar refractivity (Wildman–Crippen MR) is 120 cm³/mol. The summed E-state index contributed by atoms with van der Waals surface area (Å²) < 4.78 is 59.3. The number of anilines is 3. The molecule has 0 saturated carbocycles. The first-order valence-corrected chi connectivity index (χ1v) is 10.1. The van der Waals surface area contributed by atoms with Gasteiger partial charge in [0.2, 0.25) is 0 Å². The molecule has 0 bridgehead atoms. The summed E-state index contributed by atoms with van der Waals surface area (Å²) in [7, 11) is 0. The van der Waals surface area contributed by atoms with E-state index in [1.165, 1.54) is 17.2 Å². The molecule has 3 aromatic heterocycles. The number of alkyl halides is 3. The average Bonchev–Trinajstić information content (AvgIpc) is 3.49. The van der Waals surface area contributed by atoms with Crippen LogP contribution in [-0.2, 0) is 6.18 Å². The van der Waals surface area contributed by atoms with Crippen LogP contribution in [0.3, 0.4) is 0 Å². The minimum atomic E-state index is -4.69. The van der Waals surface area contributed by atoms with Crippen LogP contribution in [0.4, 0.5) is 39.5 Å². The molecule has 10 nitrogen and oxygen atoms in total. The number of benzene rings is 2. The molecule has 2 aromatic carbocycles. The van der Waals surface area contributed by atoms with Crippen molar-refractivity contribution >= 4 is 28.7 Å². The second-order valence-corrected chi connectivity index (χ2v) is 7.45. The summed E-state index contributed by atoms with van der Waals surface area (Å²) >= 11 is 0. The predicted octanol–water partition coefficient (Wildman–Crippen LogP) is 4.83. The maximum absolute atomic E-state index is 13.9. The lowest BCUT2D eigenvalue weighted by Gasteiger charge is -2.12. The molecule has 3 heterocycles. The largest absolute Gasteiger partial charge is 0.416 e. The van der Waals surface area contributed by atoms with Gasteiger partial charge in [0.05, 0.1) is 16.8 Å². The molecule has 36 heavy (non-hydrogen) atoms. The van der Waals surface area contributed by atoms with E-state index in [-0.39, 0.29) is 17.4 Å². The van der Waals surface area contributed by atoms with Gasteiger partial charge in [-0.1, -0.05) is 17.3 Å². The number of halogens is 4. The number of carbonyl (C=O) groups is 1. The Kier molecular flexibility index (Phi) is 5.47. The molecule has 0 spiro atoms. The fourth-order valence-corrected chi connectivity index (χ4v) is 3.58. The molecule has 0 aliphatic carbocycles. The Morgan fingerprint density at radius 3 is 2.50 bits per heavy atom. The first kappa shape index (κ1) is 22.8. The summed E-state index contributed by atoms with van der Waals surface area (Å²) in [6.45, 7) is 0. The van der Waals surface area contributed by atoms with Crippen molar-refractivity contribution in [2.24, 2.45) is 0 Å². The topological polar surface area (TPSA) is 136 Å². The number of amides is 2. The first-order valence-electron chi connectivity index (χ1n) is 10.1. The van der Waals surface area contributed by atoms with Gasteiger partial charge in [-0.25, -0.2) is 18.7 Å². The van der Waals surface area contributed by atoms with Crippen molar-refractivity contribution in [1.29, 1.82) is 0 Å².